The van der Waals surface area contributed by atoms with Crippen LogP contribution in [0.1, 0.15) is 11.1 Å². The van der Waals surface area contributed by atoms with Gasteiger partial charge in [-0.25, -0.2) is 0 Å². The summed E-state index contributed by atoms with van der Waals surface area (Å²) in [5.41, 5.74) is 1.69. The largest absolute Gasteiger partial charge is 0.493 e. The van der Waals surface area contributed by atoms with Gasteiger partial charge in [-0.05, 0) is 42.3 Å². The van der Waals surface area contributed by atoms with E-state index in [1.807, 2.05) is 25.1 Å². The van der Waals surface area contributed by atoms with Crippen LogP contribution in [0.25, 0.3) is 0 Å². The number of carbonyl (C=O) groups is 1. The van der Waals surface area contributed by atoms with Crippen LogP contribution in [0.15, 0.2) is 36.4 Å². The number of rotatable bonds is 6. The summed E-state index contributed by atoms with van der Waals surface area (Å²) in [5.74, 6) is 1.27. The fourth-order valence-electron chi connectivity index (χ4n) is 2.06. The van der Waals surface area contributed by atoms with E-state index in [4.69, 9.17) is 28.9 Å². The number of aliphatic carboxylic acids is 1. The van der Waals surface area contributed by atoms with Gasteiger partial charge >= 0.3 is 12.1 Å². The molecular formula is C18H18O7. The zero-order valence-corrected chi connectivity index (χ0v) is 14.1. The van der Waals surface area contributed by atoms with Crippen molar-refractivity contribution in [3.8, 4) is 23.0 Å². The van der Waals surface area contributed by atoms with E-state index in [9.17, 15) is 4.79 Å². The Hall–Kier alpha value is -3.31. The molecule has 2 aromatic rings. The molecule has 0 bridgehead atoms. The van der Waals surface area contributed by atoms with Gasteiger partial charge in [0.2, 0.25) is 0 Å². The Labute approximate surface area is 144 Å². The molecule has 0 aliphatic carbocycles. The molecule has 132 valence electrons. The maximum Gasteiger partial charge on any atom is 0.373 e. The topological polar surface area (TPSA) is 99.1 Å². The van der Waals surface area contributed by atoms with Crippen molar-refractivity contribution in [3.63, 3.8) is 0 Å². The van der Waals surface area contributed by atoms with Gasteiger partial charge < -0.3 is 19.3 Å². The summed E-state index contributed by atoms with van der Waals surface area (Å²) in [6, 6.07) is 10.7. The van der Waals surface area contributed by atoms with Crippen LogP contribution in [-0.4, -0.2) is 31.4 Å². The molecule has 0 heterocycles. The van der Waals surface area contributed by atoms with E-state index in [1.54, 1.807) is 25.3 Å². The number of ether oxygens (including phenoxy) is 3. The monoisotopic (exact) mass is 346 g/mol. The summed E-state index contributed by atoms with van der Waals surface area (Å²) in [7, 11) is 3.09. The number of aryl methyl sites for hydroxylation is 1. The van der Waals surface area contributed by atoms with E-state index in [-0.39, 0.29) is 12.6 Å². The van der Waals surface area contributed by atoms with Crippen molar-refractivity contribution in [2.45, 2.75) is 13.3 Å². The SMILES string of the molecule is COc1cc(CC(=O)O)ccc1Oc1cc(C)ccc1OC.O=C=O. The lowest BCUT2D eigenvalue weighted by Crippen LogP contribution is -2.01. The zero-order chi connectivity index (χ0) is 18.8. The Morgan fingerprint density at radius 1 is 0.960 bits per heavy atom. The second-order valence-electron chi connectivity index (χ2n) is 4.90. The van der Waals surface area contributed by atoms with E-state index < -0.39 is 5.97 Å². The predicted octanol–water partition coefficient (Wildman–Crippen LogP) is 2.85. The Kier molecular flexibility index (Phi) is 7.69. The lowest BCUT2D eigenvalue weighted by molar-refractivity contribution is -0.191. The van der Waals surface area contributed by atoms with Crippen LogP contribution < -0.4 is 14.2 Å². The molecule has 0 aromatic heterocycles. The van der Waals surface area contributed by atoms with Crippen molar-refractivity contribution in [1.82, 2.24) is 0 Å². The average molecular weight is 346 g/mol. The third-order valence-electron chi connectivity index (χ3n) is 3.12. The maximum atomic E-state index is 10.8. The van der Waals surface area contributed by atoms with Crippen molar-refractivity contribution >= 4 is 12.1 Å². The van der Waals surface area contributed by atoms with Gasteiger partial charge in [0.15, 0.2) is 23.0 Å². The molecule has 0 radical (unpaired) electrons. The minimum atomic E-state index is -0.893. The number of hydrogen-bond acceptors (Lipinski definition) is 6. The highest BCUT2D eigenvalue weighted by atomic mass is 16.5. The molecule has 0 aliphatic heterocycles. The Morgan fingerprint density at radius 3 is 2.12 bits per heavy atom. The van der Waals surface area contributed by atoms with E-state index in [0.717, 1.165) is 5.56 Å². The first-order chi connectivity index (χ1) is 11.9. The van der Waals surface area contributed by atoms with E-state index in [1.165, 1.54) is 7.11 Å². The first kappa shape index (κ1) is 19.7. The van der Waals surface area contributed by atoms with Gasteiger partial charge in [-0.15, -0.1) is 0 Å². The summed E-state index contributed by atoms with van der Waals surface area (Å²) in [4.78, 5) is 27.0. The van der Waals surface area contributed by atoms with Crippen LogP contribution >= 0.6 is 0 Å². The van der Waals surface area contributed by atoms with Gasteiger partial charge in [0.25, 0.3) is 0 Å². The smallest absolute Gasteiger partial charge is 0.373 e. The van der Waals surface area contributed by atoms with Gasteiger partial charge in [0.1, 0.15) is 0 Å². The normalized spacial score (nSPS) is 9.24. The van der Waals surface area contributed by atoms with Crippen LogP contribution in [0.4, 0.5) is 0 Å². The molecule has 0 saturated heterocycles. The molecule has 2 rings (SSSR count). The second kappa shape index (κ2) is 9.75. The van der Waals surface area contributed by atoms with E-state index in [0.29, 0.717) is 28.6 Å². The molecule has 0 atom stereocenters. The molecule has 25 heavy (non-hydrogen) atoms. The van der Waals surface area contributed by atoms with Crippen LogP contribution in [-0.2, 0) is 20.8 Å². The molecule has 0 aliphatic rings. The fraction of sp³-hybridized carbons (Fsp3) is 0.222. The third kappa shape index (κ3) is 6.01. The fourth-order valence-corrected chi connectivity index (χ4v) is 2.06. The minimum Gasteiger partial charge on any atom is -0.493 e. The number of methoxy groups -OCH3 is 2. The van der Waals surface area contributed by atoms with Crippen molar-refractivity contribution in [2.24, 2.45) is 0 Å². The van der Waals surface area contributed by atoms with Gasteiger partial charge in [-0.2, -0.15) is 9.59 Å². The number of hydrogen-bond donors (Lipinski definition) is 1. The first-order valence-corrected chi connectivity index (χ1v) is 7.15. The molecule has 7 nitrogen and oxygen atoms in total. The maximum absolute atomic E-state index is 10.8. The number of benzene rings is 2. The van der Waals surface area contributed by atoms with Gasteiger partial charge in [0, 0.05) is 0 Å². The quantitative estimate of drug-likeness (QED) is 0.858. The highest BCUT2D eigenvalue weighted by Gasteiger charge is 2.12. The summed E-state index contributed by atoms with van der Waals surface area (Å²) >= 11 is 0. The summed E-state index contributed by atoms with van der Waals surface area (Å²) < 4.78 is 16.4. The molecule has 0 saturated carbocycles. The van der Waals surface area contributed by atoms with Crippen molar-refractivity contribution in [2.75, 3.05) is 14.2 Å². The van der Waals surface area contributed by atoms with Gasteiger partial charge in [-0.1, -0.05) is 12.1 Å². The third-order valence-corrected chi connectivity index (χ3v) is 3.12. The highest BCUT2D eigenvalue weighted by molar-refractivity contribution is 5.70. The van der Waals surface area contributed by atoms with Crippen molar-refractivity contribution in [1.29, 1.82) is 0 Å². The molecule has 7 heteroatoms. The first-order valence-electron chi connectivity index (χ1n) is 7.15. The second-order valence-corrected chi connectivity index (χ2v) is 4.90. The minimum absolute atomic E-state index is 0.0651. The van der Waals surface area contributed by atoms with E-state index >= 15 is 0 Å². The summed E-state index contributed by atoms with van der Waals surface area (Å²) in [6.45, 7) is 1.96. The van der Waals surface area contributed by atoms with Crippen LogP contribution in [0.2, 0.25) is 0 Å². The standard InChI is InChI=1S/C17H18O5.CO2/c1-11-4-6-13(20-2)16(8-11)22-14-7-5-12(10-17(18)19)9-15(14)21-3;2-1-3/h4-9H,10H2,1-3H3,(H,18,19);. The predicted molar refractivity (Wildman–Crippen MR) is 87.1 cm³/mol. The molecular weight excluding hydrogens is 328 g/mol. The van der Waals surface area contributed by atoms with Gasteiger partial charge in [0.05, 0.1) is 20.6 Å². The molecule has 0 fully saturated rings. The molecule has 0 unspecified atom stereocenters. The average Bonchev–Trinajstić information content (AvgIpc) is 2.56. The van der Waals surface area contributed by atoms with Crippen molar-refractivity contribution < 1.29 is 33.7 Å². The van der Waals surface area contributed by atoms with Crippen molar-refractivity contribution in [3.05, 3.63) is 47.5 Å². The Balaban J connectivity index is 0.000000970. The van der Waals surface area contributed by atoms with Gasteiger partial charge in [-0.3, -0.25) is 4.79 Å². The van der Waals surface area contributed by atoms with Crippen LogP contribution in [0.3, 0.4) is 0 Å². The lowest BCUT2D eigenvalue weighted by atomic mass is 10.1. The summed E-state index contributed by atoms with van der Waals surface area (Å²) in [5, 5.41) is 8.85. The number of carbonyl (C=O) groups excluding carboxylic acids is 2. The lowest BCUT2D eigenvalue weighted by Gasteiger charge is -2.14. The molecule has 2 aromatic carbocycles. The Bertz CT molecular complexity index is 762. The number of carboxylic acid groups (broad SMARTS) is 1. The molecule has 1 N–H and O–H groups in total. The molecule has 0 spiro atoms. The number of carboxylic acids is 1. The highest BCUT2D eigenvalue weighted by Crippen LogP contribution is 2.37. The summed E-state index contributed by atoms with van der Waals surface area (Å²) in [6.07, 6.45) is 0.185. The zero-order valence-electron chi connectivity index (χ0n) is 14.1. The van der Waals surface area contributed by atoms with Crippen LogP contribution in [0.5, 0.6) is 23.0 Å². The Morgan fingerprint density at radius 2 is 1.56 bits per heavy atom. The van der Waals surface area contributed by atoms with E-state index in [2.05, 4.69) is 0 Å². The van der Waals surface area contributed by atoms with Crippen LogP contribution in [0, 0.1) is 6.92 Å². The molecule has 0 amide bonds.